The lowest BCUT2D eigenvalue weighted by molar-refractivity contribution is 0.0845. The van der Waals surface area contributed by atoms with Crippen molar-refractivity contribution >= 4 is 0 Å². The second-order valence-electron chi connectivity index (χ2n) is 6.00. The number of aryl methyl sites for hydroxylation is 1. The van der Waals surface area contributed by atoms with E-state index in [4.69, 9.17) is 9.63 Å². The zero-order valence-electron chi connectivity index (χ0n) is 13.7. The molecule has 1 N–H and O–H groups in total. The summed E-state index contributed by atoms with van der Waals surface area (Å²) in [6.45, 7) is 9.48. The number of hydrogen-bond acceptors (Lipinski definition) is 7. The standard InChI is InChI=1S/C15H24N6O2/c1-12(15-17-13(2)18-23-15)20-5-3-19(4-6-20)10-14-9-16-21(11-14)7-8-22/h9,11-12,22H,3-8,10H2,1-2H3/t12-/m1/s1. The molecule has 2 aromatic rings. The second kappa shape index (κ2) is 7.20. The van der Waals surface area contributed by atoms with Crippen LogP contribution in [0.3, 0.4) is 0 Å². The van der Waals surface area contributed by atoms with Gasteiger partial charge in [0.15, 0.2) is 5.82 Å². The highest BCUT2D eigenvalue weighted by molar-refractivity contribution is 5.04. The van der Waals surface area contributed by atoms with Crippen LogP contribution >= 0.6 is 0 Å². The summed E-state index contributed by atoms with van der Waals surface area (Å²) in [5, 5.41) is 17.1. The van der Waals surface area contributed by atoms with Gasteiger partial charge < -0.3 is 9.63 Å². The topological polar surface area (TPSA) is 83.5 Å². The first-order chi connectivity index (χ1) is 11.2. The Morgan fingerprint density at radius 1 is 1.30 bits per heavy atom. The van der Waals surface area contributed by atoms with Crippen molar-refractivity contribution in [1.82, 2.24) is 29.7 Å². The molecule has 0 radical (unpaired) electrons. The van der Waals surface area contributed by atoms with Gasteiger partial charge in [-0.1, -0.05) is 5.16 Å². The lowest BCUT2D eigenvalue weighted by Gasteiger charge is -2.36. The van der Waals surface area contributed by atoms with Gasteiger partial charge in [-0.2, -0.15) is 10.1 Å². The summed E-state index contributed by atoms with van der Waals surface area (Å²) in [5.41, 5.74) is 1.19. The van der Waals surface area contributed by atoms with Crippen LogP contribution in [0.1, 0.15) is 30.2 Å². The van der Waals surface area contributed by atoms with Crippen molar-refractivity contribution in [3.8, 4) is 0 Å². The smallest absolute Gasteiger partial charge is 0.243 e. The maximum atomic E-state index is 8.93. The number of hydrogen-bond donors (Lipinski definition) is 1. The predicted octanol–water partition coefficient (Wildman–Crippen LogP) is 0.446. The van der Waals surface area contributed by atoms with Crippen LogP contribution in [0.4, 0.5) is 0 Å². The molecule has 0 saturated carbocycles. The van der Waals surface area contributed by atoms with Gasteiger partial charge >= 0.3 is 0 Å². The zero-order chi connectivity index (χ0) is 16.2. The summed E-state index contributed by atoms with van der Waals surface area (Å²) in [7, 11) is 0. The van der Waals surface area contributed by atoms with Gasteiger partial charge in [-0.3, -0.25) is 14.5 Å². The van der Waals surface area contributed by atoms with E-state index >= 15 is 0 Å². The van der Waals surface area contributed by atoms with Crippen molar-refractivity contribution in [2.24, 2.45) is 0 Å². The second-order valence-corrected chi connectivity index (χ2v) is 6.00. The predicted molar refractivity (Wildman–Crippen MR) is 83.6 cm³/mol. The van der Waals surface area contributed by atoms with Crippen molar-refractivity contribution in [2.75, 3.05) is 32.8 Å². The van der Waals surface area contributed by atoms with Crippen molar-refractivity contribution < 1.29 is 9.63 Å². The quantitative estimate of drug-likeness (QED) is 0.827. The number of piperazine rings is 1. The number of aliphatic hydroxyl groups is 1. The van der Waals surface area contributed by atoms with Crippen LogP contribution in [0.2, 0.25) is 0 Å². The Bertz CT molecular complexity index is 617. The molecule has 23 heavy (non-hydrogen) atoms. The Balaban J connectivity index is 1.49. The first-order valence-electron chi connectivity index (χ1n) is 8.04. The van der Waals surface area contributed by atoms with E-state index in [0.29, 0.717) is 18.3 Å². The van der Waals surface area contributed by atoms with E-state index in [1.54, 1.807) is 4.68 Å². The Kier molecular flexibility index (Phi) is 5.04. The average Bonchev–Trinajstić information content (AvgIpc) is 3.17. The fraction of sp³-hybridized carbons (Fsp3) is 0.667. The van der Waals surface area contributed by atoms with Crippen molar-refractivity contribution in [2.45, 2.75) is 33.0 Å². The van der Waals surface area contributed by atoms with Gasteiger partial charge in [0.25, 0.3) is 0 Å². The maximum absolute atomic E-state index is 8.93. The molecule has 1 aliphatic rings. The highest BCUT2D eigenvalue weighted by Crippen LogP contribution is 2.20. The van der Waals surface area contributed by atoms with E-state index in [0.717, 1.165) is 32.7 Å². The van der Waals surface area contributed by atoms with Gasteiger partial charge in [0.2, 0.25) is 5.89 Å². The first kappa shape index (κ1) is 16.1. The highest BCUT2D eigenvalue weighted by atomic mass is 16.5. The summed E-state index contributed by atoms with van der Waals surface area (Å²) in [6, 6.07) is 0.158. The third kappa shape index (κ3) is 3.95. The van der Waals surface area contributed by atoms with E-state index in [9.17, 15) is 0 Å². The molecule has 1 atom stereocenters. The number of rotatable bonds is 6. The largest absolute Gasteiger partial charge is 0.394 e. The van der Waals surface area contributed by atoms with E-state index in [1.807, 2.05) is 19.3 Å². The maximum Gasteiger partial charge on any atom is 0.243 e. The molecule has 1 fully saturated rings. The molecule has 0 amide bonds. The highest BCUT2D eigenvalue weighted by Gasteiger charge is 2.25. The van der Waals surface area contributed by atoms with Gasteiger partial charge in [-0.15, -0.1) is 0 Å². The lowest BCUT2D eigenvalue weighted by Crippen LogP contribution is -2.46. The number of aliphatic hydroxyl groups excluding tert-OH is 1. The molecule has 1 aliphatic heterocycles. The van der Waals surface area contributed by atoms with E-state index in [1.165, 1.54) is 5.56 Å². The molecule has 126 valence electrons. The molecule has 1 saturated heterocycles. The molecule has 2 aromatic heterocycles. The molecule has 8 nitrogen and oxygen atoms in total. The average molecular weight is 320 g/mol. The van der Waals surface area contributed by atoms with E-state index in [-0.39, 0.29) is 12.6 Å². The van der Waals surface area contributed by atoms with Crippen LogP contribution in [0.5, 0.6) is 0 Å². The van der Waals surface area contributed by atoms with Crippen molar-refractivity contribution in [3.05, 3.63) is 29.7 Å². The van der Waals surface area contributed by atoms with Gasteiger partial charge in [-0.25, -0.2) is 0 Å². The molecule has 3 rings (SSSR count). The SMILES string of the molecule is Cc1noc([C@@H](C)N2CCN(Cc3cnn(CCO)c3)CC2)n1. The Morgan fingerprint density at radius 3 is 2.74 bits per heavy atom. The van der Waals surface area contributed by atoms with Gasteiger partial charge in [-0.05, 0) is 13.8 Å². The van der Waals surface area contributed by atoms with Crippen LogP contribution in [0.15, 0.2) is 16.9 Å². The Labute approximate surface area is 135 Å². The summed E-state index contributed by atoms with van der Waals surface area (Å²) in [5.74, 6) is 1.38. The molecule has 0 bridgehead atoms. The minimum Gasteiger partial charge on any atom is -0.394 e. The Hall–Kier alpha value is -1.77. The van der Waals surface area contributed by atoms with Crippen LogP contribution in [0, 0.1) is 6.92 Å². The van der Waals surface area contributed by atoms with E-state index in [2.05, 4.69) is 32.0 Å². The van der Waals surface area contributed by atoms with Crippen LogP contribution < -0.4 is 0 Å². The van der Waals surface area contributed by atoms with Crippen molar-refractivity contribution in [3.63, 3.8) is 0 Å². The monoisotopic (exact) mass is 320 g/mol. The summed E-state index contributed by atoms with van der Waals surface area (Å²) in [6.07, 6.45) is 3.89. The van der Waals surface area contributed by atoms with E-state index < -0.39 is 0 Å². The molecule has 0 unspecified atom stereocenters. The van der Waals surface area contributed by atoms with Gasteiger partial charge in [0.05, 0.1) is 25.4 Å². The third-order valence-electron chi connectivity index (χ3n) is 4.28. The molecule has 3 heterocycles. The number of nitrogens with zero attached hydrogens (tertiary/aromatic N) is 6. The molecular weight excluding hydrogens is 296 g/mol. The fourth-order valence-corrected chi connectivity index (χ4v) is 2.92. The summed E-state index contributed by atoms with van der Waals surface area (Å²) < 4.78 is 7.06. The molecule has 0 aromatic carbocycles. The fourth-order valence-electron chi connectivity index (χ4n) is 2.92. The molecular formula is C15H24N6O2. The number of aromatic nitrogens is 4. The molecule has 0 aliphatic carbocycles. The first-order valence-corrected chi connectivity index (χ1v) is 8.04. The lowest BCUT2D eigenvalue weighted by atomic mass is 10.2. The minimum atomic E-state index is 0.118. The van der Waals surface area contributed by atoms with Crippen LogP contribution in [-0.2, 0) is 13.1 Å². The van der Waals surface area contributed by atoms with Crippen LogP contribution in [0.25, 0.3) is 0 Å². The minimum absolute atomic E-state index is 0.118. The van der Waals surface area contributed by atoms with Crippen molar-refractivity contribution in [1.29, 1.82) is 0 Å². The van der Waals surface area contributed by atoms with Crippen LogP contribution in [-0.4, -0.2) is 67.6 Å². The molecule has 8 heteroatoms. The summed E-state index contributed by atoms with van der Waals surface area (Å²) in [4.78, 5) is 9.12. The third-order valence-corrected chi connectivity index (χ3v) is 4.28. The summed E-state index contributed by atoms with van der Waals surface area (Å²) >= 11 is 0. The zero-order valence-corrected chi connectivity index (χ0v) is 13.7. The Morgan fingerprint density at radius 2 is 2.09 bits per heavy atom. The van der Waals surface area contributed by atoms with Gasteiger partial charge in [0, 0.05) is 44.5 Å². The molecule has 0 spiro atoms. The normalized spacial score (nSPS) is 18.4. The van der Waals surface area contributed by atoms with Gasteiger partial charge in [0.1, 0.15) is 0 Å².